The van der Waals surface area contributed by atoms with Crippen LogP contribution in [0.4, 0.5) is 0 Å². The number of nitrogens with one attached hydrogen (secondary N) is 1. The van der Waals surface area contributed by atoms with Gasteiger partial charge in [0, 0.05) is 6.04 Å². The Hall–Kier alpha value is -0.120. The minimum absolute atomic E-state index is 0.0133. The van der Waals surface area contributed by atoms with Crippen LogP contribution in [-0.4, -0.2) is 35.0 Å². The van der Waals surface area contributed by atoms with E-state index < -0.39 is 5.54 Å². The molecule has 90 valence electrons. The molecule has 0 radical (unpaired) electrons. The maximum absolute atomic E-state index is 9.21. The Bertz CT molecular complexity index is 174. The van der Waals surface area contributed by atoms with Gasteiger partial charge in [-0.05, 0) is 32.6 Å². The Balaban J connectivity index is 2.41. The monoisotopic (exact) mass is 215 g/mol. The van der Waals surface area contributed by atoms with Gasteiger partial charge >= 0.3 is 0 Å². The normalized spacial score (nSPS) is 21.6. The summed E-state index contributed by atoms with van der Waals surface area (Å²) in [6.45, 7) is 4.01. The van der Waals surface area contributed by atoms with Crippen molar-refractivity contribution in [1.29, 1.82) is 0 Å². The van der Waals surface area contributed by atoms with E-state index in [4.69, 9.17) is 0 Å². The highest BCUT2D eigenvalue weighted by molar-refractivity contribution is 4.87. The van der Waals surface area contributed by atoms with Crippen LogP contribution >= 0.6 is 0 Å². The molecule has 1 aliphatic rings. The first kappa shape index (κ1) is 12.9. The van der Waals surface area contributed by atoms with Crippen molar-refractivity contribution < 1.29 is 10.2 Å². The predicted molar refractivity (Wildman–Crippen MR) is 61.7 cm³/mol. The number of aliphatic hydroxyl groups excluding tert-OH is 2. The maximum atomic E-state index is 9.21. The predicted octanol–water partition coefficient (Wildman–Crippen LogP) is 1.29. The zero-order valence-electron chi connectivity index (χ0n) is 10.00. The molecule has 0 aliphatic heterocycles. The summed E-state index contributed by atoms with van der Waals surface area (Å²) in [5.41, 5.74) is -0.531. The highest BCUT2D eigenvalue weighted by Crippen LogP contribution is 2.27. The first-order valence-corrected chi connectivity index (χ1v) is 6.11. The summed E-state index contributed by atoms with van der Waals surface area (Å²) in [4.78, 5) is 0. The van der Waals surface area contributed by atoms with E-state index in [2.05, 4.69) is 12.2 Å². The highest BCUT2D eigenvalue weighted by Gasteiger charge is 2.28. The Morgan fingerprint density at radius 1 is 1.20 bits per heavy atom. The molecule has 15 heavy (non-hydrogen) atoms. The third kappa shape index (κ3) is 3.74. The molecule has 1 aliphatic carbocycles. The summed E-state index contributed by atoms with van der Waals surface area (Å²) in [5, 5.41) is 21.8. The largest absolute Gasteiger partial charge is 0.394 e. The Kier molecular flexibility index (Phi) is 5.03. The van der Waals surface area contributed by atoms with E-state index in [-0.39, 0.29) is 13.2 Å². The first-order valence-electron chi connectivity index (χ1n) is 6.11. The molecule has 1 saturated carbocycles. The van der Waals surface area contributed by atoms with Crippen molar-refractivity contribution in [2.45, 2.75) is 57.5 Å². The van der Waals surface area contributed by atoms with Gasteiger partial charge in [-0.15, -0.1) is 0 Å². The molecule has 1 unspecified atom stereocenters. The molecule has 0 aromatic rings. The summed E-state index contributed by atoms with van der Waals surface area (Å²) < 4.78 is 0. The average Bonchev–Trinajstić information content (AvgIpc) is 2.30. The van der Waals surface area contributed by atoms with Gasteiger partial charge in [-0.25, -0.2) is 0 Å². The first-order chi connectivity index (χ1) is 7.11. The SMILES string of the molecule is CC(NC(C)(CO)CO)C1CCCCC1. The molecular formula is C12H25NO2. The molecule has 0 aromatic heterocycles. The molecule has 0 spiro atoms. The van der Waals surface area contributed by atoms with Crippen molar-refractivity contribution in [3.63, 3.8) is 0 Å². The number of aliphatic hydroxyl groups is 2. The Labute approximate surface area is 92.9 Å². The number of hydrogen-bond donors (Lipinski definition) is 3. The van der Waals surface area contributed by atoms with E-state index >= 15 is 0 Å². The lowest BCUT2D eigenvalue weighted by molar-refractivity contribution is 0.0838. The topological polar surface area (TPSA) is 52.5 Å². The van der Waals surface area contributed by atoms with E-state index in [1.54, 1.807) is 0 Å². The van der Waals surface area contributed by atoms with E-state index in [0.29, 0.717) is 12.0 Å². The van der Waals surface area contributed by atoms with Crippen LogP contribution in [0.2, 0.25) is 0 Å². The van der Waals surface area contributed by atoms with Gasteiger partial charge in [0.15, 0.2) is 0 Å². The fraction of sp³-hybridized carbons (Fsp3) is 1.00. The minimum Gasteiger partial charge on any atom is -0.394 e. The van der Waals surface area contributed by atoms with Crippen molar-refractivity contribution in [3.8, 4) is 0 Å². The van der Waals surface area contributed by atoms with E-state index in [0.717, 1.165) is 0 Å². The smallest absolute Gasteiger partial charge is 0.0633 e. The third-order valence-electron chi connectivity index (χ3n) is 3.63. The molecular weight excluding hydrogens is 190 g/mol. The lowest BCUT2D eigenvalue weighted by Crippen LogP contribution is -2.54. The summed E-state index contributed by atoms with van der Waals surface area (Å²) in [7, 11) is 0. The lowest BCUT2D eigenvalue weighted by Gasteiger charge is -2.36. The molecule has 1 fully saturated rings. The van der Waals surface area contributed by atoms with E-state index in [1.807, 2.05) is 6.92 Å². The summed E-state index contributed by atoms with van der Waals surface area (Å²) in [6.07, 6.45) is 6.57. The summed E-state index contributed by atoms with van der Waals surface area (Å²) >= 11 is 0. The molecule has 3 N–H and O–H groups in total. The van der Waals surface area contributed by atoms with Crippen molar-refractivity contribution in [2.75, 3.05) is 13.2 Å². The highest BCUT2D eigenvalue weighted by atomic mass is 16.3. The zero-order chi connectivity index (χ0) is 11.3. The molecule has 3 nitrogen and oxygen atoms in total. The van der Waals surface area contributed by atoms with Gasteiger partial charge in [-0.2, -0.15) is 0 Å². The van der Waals surface area contributed by atoms with E-state index in [1.165, 1.54) is 32.1 Å². The molecule has 0 heterocycles. The molecule has 1 rings (SSSR count). The Morgan fingerprint density at radius 2 is 1.73 bits per heavy atom. The second kappa shape index (κ2) is 5.83. The van der Waals surface area contributed by atoms with Gasteiger partial charge in [0.1, 0.15) is 0 Å². The molecule has 0 saturated heterocycles. The second-order valence-corrected chi connectivity index (χ2v) is 5.21. The summed E-state index contributed by atoms with van der Waals surface area (Å²) in [5.74, 6) is 0.705. The van der Waals surface area contributed by atoms with Gasteiger partial charge in [-0.1, -0.05) is 19.3 Å². The van der Waals surface area contributed by atoms with Crippen LogP contribution in [0.25, 0.3) is 0 Å². The van der Waals surface area contributed by atoms with Crippen molar-refractivity contribution >= 4 is 0 Å². The van der Waals surface area contributed by atoms with Gasteiger partial charge < -0.3 is 15.5 Å². The zero-order valence-corrected chi connectivity index (χ0v) is 10.00. The summed E-state index contributed by atoms with van der Waals surface area (Å²) in [6, 6.07) is 0.384. The van der Waals surface area contributed by atoms with Crippen LogP contribution in [0.1, 0.15) is 46.0 Å². The van der Waals surface area contributed by atoms with Crippen LogP contribution in [0.3, 0.4) is 0 Å². The van der Waals surface area contributed by atoms with Crippen molar-refractivity contribution in [1.82, 2.24) is 5.32 Å². The maximum Gasteiger partial charge on any atom is 0.0633 e. The van der Waals surface area contributed by atoms with Gasteiger partial charge in [0.05, 0.1) is 18.8 Å². The number of hydrogen-bond acceptors (Lipinski definition) is 3. The van der Waals surface area contributed by atoms with Gasteiger partial charge in [-0.3, -0.25) is 0 Å². The molecule has 3 heteroatoms. The molecule has 1 atom stereocenters. The van der Waals surface area contributed by atoms with Crippen LogP contribution in [0.5, 0.6) is 0 Å². The van der Waals surface area contributed by atoms with Gasteiger partial charge in [0.25, 0.3) is 0 Å². The van der Waals surface area contributed by atoms with Crippen molar-refractivity contribution in [2.24, 2.45) is 5.92 Å². The molecule has 0 bridgehead atoms. The number of rotatable bonds is 5. The fourth-order valence-electron chi connectivity index (χ4n) is 2.44. The Morgan fingerprint density at radius 3 is 2.20 bits per heavy atom. The third-order valence-corrected chi connectivity index (χ3v) is 3.63. The molecule has 0 amide bonds. The quantitative estimate of drug-likeness (QED) is 0.648. The van der Waals surface area contributed by atoms with E-state index in [9.17, 15) is 10.2 Å². The standard InChI is InChI=1S/C12H25NO2/c1-10(11-6-4-3-5-7-11)13-12(2,8-14)9-15/h10-11,13-15H,3-9H2,1-2H3. The van der Waals surface area contributed by atoms with Gasteiger partial charge in [0.2, 0.25) is 0 Å². The minimum atomic E-state index is -0.531. The van der Waals surface area contributed by atoms with Crippen LogP contribution in [-0.2, 0) is 0 Å². The van der Waals surface area contributed by atoms with Crippen LogP contribution in [0, 0.1) is 5.92 Å². The van der Waals surface area contributed by atoms with Crippen molar-refractivity contribution in [3.05, 3.63) is 0 Å². The fourth-order valence-corrected chi connectivity index (χ4v) is 2.44. The second-order valence-electron chi connectivity index (χ2n) is 5.21. The van der Waals surface area contributed by atoms with Crippen LogP contribution < -0.4 is 5.32 Å². The molecule has 0 aromatic carbocycles. The lowest BCUT2D eigenvalue weighted by atomic mass is 9.83. The van der Waals surface area contributed by atoms with Crippen LogP contribution in [0.15, 0.2) is 0 Å². The average molecular weight is 215 g/mol.